The fraction of sp³-hybridized carbons (Fsp3) is 0.811. The first kappa shape index (κ1) is 52.6. The van der Waals surface area contributed by atoms with Gasteiger partial charge in [-0.05, 0) is 83.1 Å². The lowest BCUT2D eigenvalue weighted by molar-refractivity contribution is -1.16. The summed E-state index contributed by atoms with van der Waals surface area (Å²) in [5.41, 5.74) is -2.01. The minimum absolute atomic E-state index is 0.166. The zero-order valence-electron chi connectivity index (χ0n) is 35.3. The summed E-state index contributed by atoms with van der Waals surface area (Å²) in [4.78, 5) is 77.6. The molecule has 3 aliphatic rings. The van der Waals surface area contributed by atoms with Crippen LogP contribution in [-0.4, -0.2) is 144 Å². The summed E-state index contributed by atoms with van der Waals surface area (Å²) < 4.78 is 0. The zero-order chi connectivity index (χ0) is 44.4. The molecule has 0 aromatic rings. The number of hydrogen-bond donors (Lipinski definition) is 7. The van der Waals surface area contributed by atoms with E-state index >= 15 is 0 Å². The number of piperidine rings is 3. The maximum atomic E-state index is 11.3. The van der Waals surface area contributed by atoms with Crippen LogP contribution in [0.2, 0.25) is 0 Å². The van der Waals surface area contributed by atoms with Crippen LogP contribution < -0.4 is 30.5 Å². The number of nitrogens with zero attached hydrogens (tertiary/aromatic N) is 2. The van der Waals surface area contributed by atoms with Crippen molar-refractivity contribution < 1.29 is 84.8 Å². The Hall–Kier alpha value is -3.43. The van der Waals surface area contributed by atoms with Gasteiger partial charge in [0.25, 0.3) is 0 Å². The Bertz CT molecular complexity index is 1190. The van der Waals surface area contributed by atoms with Gasteiger partial charge in [0.1, 0.15) is 50.6 Å². The number of Topliss-reactive ketones (excluding diaryl/α,β-unsaturated/α-hetero) is 3. The quantitative estimate of drug-likeness (QED) is 0.103. The molecule has 7 N–H and O–H groups in total. The van der Waals surface area contributed by atoms with Gasteiger partial charge in [-0.25, -0.2) is 15.6 Å². The van der Waals surface area contributed by atoms with Crippen LogP contribution in [0.1, 0.15) is 122 Å². The number of rotatable bonds is 11. The van der Waals surface area contributed by atoms with E-state index < -0.39 is 50.1 Å². The minimum Gasteiger partial charge on any atom is -0.549 e. The number of hydrogen-bond acceptors (Lipinski definition) is 15. The second-order valence-corrected chi connectivity index (χ2v) is 19.0. The van der Waals surface area contributed by atoms with Crippen LogP contribution in [0.3, 0.4) is 0 Å². The van der Waals surface area contributed by atoms with Crippen molar-refractivity contribution in [2.75, 3.05) is 39.3 Å². The van der Waals surface area contributed by atoms with E-state index in [1.807, 2.05) is 83.1 Å². The molecule has 0 saturated carbocycles. The van der Waals surface area contributed by atoms with Gasteiger partial charge in [0.15, 0.2) is 0 Å². The summed E-state index contributed by atoms with van der Waals surface area (Å²) in [6, 6.07) is 0. The van der Waals surface area contributed by atoms with E-state index in [0.29, 0.717) is 53.7 Å². The van der Waals surface area contributed by atoms with Crippen LogP contribution >= 0.6 is 0 Å². The zero-order valence-corrected chi connectivity index (χ0v) is 35.3. The molecule has 0 unspecified atom stereocenters. The molecule has 3 fully saturated rings. The third-order valence-corrected chi connectivity index (χ3v) is 9.83. The van der Waals surface area contributed by atoms with Gasteiger partial charge in [-0.1, -0.05) is 0 Å². The average Bonchev–Trinajstić information content (AvgIpc) is 2.94. The van der Waals surface area contributed by atoms with Gasteiger partial charge in [0.05, 0.1) is 63.0 Å². The monoisotopic (exact) mass is 805 g/mol. The van der Waals surface area contributed by atoms with Crippen molar-refractivity contribution in [3.8, 4) is 0 Å². The minimum atomic E-state index is -1.52. The Balaban J connectivity index is 0.000000740. The molecule has 0 radical (unpaired) electrons. The molecule has 0 aromatic heterocycles. The van der Waals surface area contributed by atoms with E-state index in [4.69, 9.17) is 5.11 Å². The number of ketones is 3. The first-order valence-electron chi connectivity index (χ1n) is 18.5. The molecule has 3 rings (SSSR count). The Morgan fingerprint density at radius 3 is 0.804 bits per heavy atom. The van der Waals surface area contributed by atoms with E-state index in [0.717, 1.165) is 9.80 Å². The van der Waals surface area contributed by atoms with Crippen molar-refractivity contribution in [2.24, 2.45) is 0 Å². The second-order valence-electron chi connectivity index (χ2n) is 19.0. The second kappa shape index (κ2) is 20.3. The van der Waals surface area contributed by atoms with Gasteiger partial charge in [-0.3, -0.25) is 29.0 Å². The highest BCUT2D eigenvalue weighted by Crippen LogP contribution is 2.21. The van der Waals surface area contributed by atoms with Crippen molar-refractivity contribution in [1.82, 2.24) is 9.80 Å². The van der Waals surface area contributed by atoms with Gasteiger partial charge in [-0.2, -0.15) is 15.2 Å². The first-order chi connectivity index (χ1) is 25.0. The fourth-order valence-corrected chi connectivity index (χ4v) is 7.85. The number of aliphatic carboxylic acids is 4. The van der Waals surface area contributed by atoms with Gasteiger partial charge in [0, 0.05) is 32.7 Å². The molecular formula is C37H67N5O14. The molecule has 3 heterocycles. The fourth-order valence-electron chi connectivity index (χ4n) is 7.85. The normalized spacial score (nSPS) is 22.4. The van der Waals surface area contributed by atoms with E-state index in [-0.39, 0.29) is 63.7 Å². The summed E-state index contributed by atoms with van der Waals surface area (Å²) in [6.45, 7) is 20.0. The smallest absolute Gasteiger partial charge is 0.317 e. The lowest BCUT2D eigenvalue weighted by Gasteiger charge is -2.43. The van der Waals surface area contributed by atoms with Gasteiger partial charge in [-0.15, -0.1) is 0 Å². The average molecular weight is 806 g/mol. The van der Waals surface area contributed by atoms with Crippen LogP contribution in [0.4, 0.5) is 0 Å². The van der Waals surface area contributed by atoms with Crippen molar-refractivity contribution in [3.63, 3.8) is 0 Å². The third kappa shape index (κ3) is 17.8. The predicted molar refractivity (Wildman–Crippen MR) is 191 cm³/mol. The lowest BCUT2D eigenvalue weighted by Crippen LogP contribution is -3.25. The highest BCUT2D eigenvalue weighted by molar-refractivity contribution is 5.81. The number of carbonyl (C=O) groups excluding carboxylic acids is 6. The number of quaternary nitrogens is 3. The van der Waals surface area contributed by atoms with Gasteiger partial charge < -0.3 is 34.8 Å². The van der Waals surface area contributed by atoms with Gasteiger partial charge in [0.2, 0.25) is 0 Å². The molecule has 3 aliphatic heterocycles. The summed E-state index contributed by atoms with van der Waals surface area (Å²) in [7, 11) is 0. The van der Waals surface area contributed by atoms with Crippen LogP contribution in [0.25, 0.3) is 0 Å². The highest BCUT2D eigenvalue weighted by atomic mass is 16.5. The maximum Gasteiger partial charge on any atom is 0.317 e. The van der Waals surface area contributed by atoms with E-state index in [1.54, 1.807) is 0 Å². The molecule has 0 atom stereocenters. The first-order valence-corrected chi connectivity index (χ1v) is 18.5. The molecule has 0 aromatic carbocycles. The molecule has 0 spiro atoms. The number of carbonyl (C=O) groups is 7. The molecule has 0 amide bonds. The van der Waals surface area contributed by atoms with E-state index in [2.05, 4.69) is 0 Å². The van der Waals surface area contributed by atoms with Crippen molar-refractivity contribution in [2.45, 2.75) is 155 Å². The van der Waals surface area contributed by atoms with Crippen molar-refractivity contribution in [1.29, 1.82) is 0 Å². The van der Waals surface area contributed by atoms with Crippen LogP contribution in [-0.2, 0) is 33.6 Å². The Labute approximate surface area is 329 Å². The molecule has 19 heteroatoms. The number of carboxylic acids is 4. The summed E-state index contributed by atoms with van der Waals surface area (Å²) >= 11 is 0. The Morgan fingerprint density at radius 1 is 0.464 bits per heavy atom. The summed E-state index contributed by atoms with van der Waals surface area (Å²) in [5, 5.41) is 70.8. The molecule has 19 nitrogen and oxygen atoms in total. The topological polar surface area (TPSA) is 289 Å². The largest absolute Gasteiger partial charge is 0.549 e. The summed E-state index contributed by atoms with van der Waals surface area (Å²) in [5.74, 6) is -5.06. The molecular weight excluding hydrogens is 738 g/mol. The number of nitrogens with one attached hydrogen (secondary N) is 3. The van der Waals surface area contributed by atoms with E-state index in [1.165, 1.54) is 0 Å². The molecule has 3 saturated heterocycles. The molecule has 324 valence electrons. The molecule has 56 heavy (non-hydrogen) atoms. The van der Waals surface area contributed by atoms with Crippen LogP contribution in [0.5, 0.6) is 0 Å². The third-order valence-electron chi connectivity index (χ3n) is 9.83. The SMILES string of the molecule is CC1(C)CC(=O)CC(C)(C)[NH+]1O.CC1(C)CC(=O)CC(C)(C)[NH+]1O.CC1(C)CC(=O)CC(C)(C)[NH+]1O.O=C([O-])CN(CCN(CC(=O)[O-])CC(=O)O)CC(=O)[O-]. The van der Waals surface area contributed by atoms with Crippen molar-refractivity contribution >= 4 is 41.2 Å². The predicted octanol–water partition coefficient (Wildman–Crippen LogP) is -5.53. The lowest BCUT2D eigenvalue weighted by atomic mass is 9.81. The Morgan fingerprint density at radius 2 is 0.643 bits per heavy atom. The van der Waals surface area contributed by atoms with Gasteiger partial charge >= 0.3 is 5.97 Å². The number of carboxylic acid groups (broad SMARTS) is 4. The van der Waals surface area contributed by atoms with Crippen LogP contribution in [0, 0.1) is 0 Å². The molecule has 0 aliphatic carbocycles. The highest BCUT2D eigenvalue weighted by Gasteiger charge is 2.51. The van der Waals surface area contributed by atoms with E-state index in [9.17, 15) is 64.5 Å². The van der Waals surface area contributed by atoms with Crippen molar-refractivity contribution in [3.05, 3.63) is 0 Å². The number of hydroxylamine groups is 6. The maximum absolute atomic E-state index is 11.3. The standard InChI is InChI=1S/C10H16N2O8.3C9H17NO2/c13-7(14)3-11(4-8(15)16)1-2-12(5-9(17)18)6-10(19)20;3*1-8(2)5-7(11)6-9(3,4)10(8)12/h1-6H2,(H,13,14)(H,15,16)(H,17,18)(H,19,20);3*12H,5-6H2,1-4H3. The summed E-state index contributed by atoms with van der Waals surface area (Å²) in [6.07, 6.45) is 2.85. The Kier molecular flexibility index (Phi) is 19.1. The molecule has 0 bridgehead atoms. The van der Waals surface area contributed by atoms with Crippen LogP contribution in [0.15, 0.2) is 0 Å².